The number of aliphatic imine (C=N–C) groups is 1. The zero-order valence-corrected chi connectivity index (χ0v) is 16.4. The lowest BCUT2D eigenvalue weighted by Gasteiger charge is -2.40. The van der Waals surface area contributed by atoms with Gasteiger partial charge in [0.05, 0.1) is 12.8 Å². The first kappa shape index (κ1) is 21.4. The molecule has 24 heavy (non-hydrogen) atoms. The highest BCUT2D eigenvalue weighted by atomic mass is 16.3. The van der Waals surface area contributed by atoms with Crippen molar-refractivity contribution < 1.29 is 9.59 Å². The second-order valence-corrected chi connectivity index (χ2v) is 7.36. The molecular formula is C21H41N2O+. The summed E-state index contributed by atoms with van der Waals surface area (Å²) in [4.78, 5) is 4.65. The summed E-state index contributed by atoms with van der Waals surface area (Å²) < 4.78 is 0.740. The van der Waals surface area contributed by atoms with Crippen LogP contribution in [-0.4, -0.2) is 41.3 Å². The van der Waals surface area contributed by atoms with Gasteiger partial charge in [-0.15, -0.1) is 0 Å². The van der Waals surface area contributed by atoms with Crippen LogP contribution < -0.4 is 0 Å². The molecule has 0 amide bonds. The molecule has 0 fully saturated rings. The summed E-state index contributed by atoms with van der Waals surface area (Å²) in [6.07, 6.45) is 20.9. The van der Waals surface area contributed by atoms with Gasteiger partial charge in [-0.05, 0) is 32.6 Å². The molecule has 0 aromatic carbocycles. The molecule has 1 heterocycles. The van der Waals surface area contributed by atoms with E-state index in [4.69, 9.17) is 0 Å². The lowest BCUT2D eigenvalue weighted by molar-refractivity contribution is -0.976. The van der Waals surface area contributed by atoms with Gasteiger partial charge in [-0.25, -0.2) is 4.99 Å². The van der Waals surface area contributed by atoms with Gasteiger partial charge in [-0.2, -0.15) is 0 Å². The third-order valence-corrected chi connectivity index (χ3v) is 5.60. The zero-order valence-electron chi connectivity index (χ0n) is 16.4. The van der Waals surface area contributed by atoms with Crippen LogP contribution in [-0.2, 0) is 0 Å². The topological polar surface area (TPSA) is 32.6 Å². The van der Waals surface area contributed by atoms with E-state index in [1.807, 2.05) is 13.1 Å². The number of aliphatic hydroxyl groups excluding tert-OH is 1. The van der Waals surface area contributed by atoms with Crippen molar-refractivity contribution >= 4 is 6.21 Å². The van der Waals surface area contributed by atoms with Crippen LogP contribution in [0, 0.1) is 0 Å². The Morgan fingerprint density at radius 2 is 1.67 bits per heavy atom. The number of aliphatic hydroxyl groups is 1. The smallest absolute Gasteiger partial charge is 0.189 e. The quantitative estimate of drug-likeness (QED) is 0.255. The van der Waals surface area contributed by atoms with Crippen LogP contribution in [0.25, 0.3) is 0 Å². The van der Waals surface area contributed by atoms with Crippen molar-refractivity contribution in [3.8, 4) is 0 Å². The SMILES string of the molecule is CCCC/C=C/CCCCCCCCC1N=CC[N+]1(CC)C(C)O. The second-order valence-electron chi connectivity index (χ2n) is 7.36. The van der Waals surface area contributed by atoms with Crippen molar-refractivity contribution in [2.24, 2.45) is 4.99 Å². The summed E-state index contributed by atoms with van der Waals surface area (Å²) in [5, 5.41) is 10.2. The number of rotatable bonds is 14. The first-order chi connectivity index (χ1) is 11.7. The summed E-state index contributed by atoms with van der Waals surface area (Å²) >= 11 is 0. The third-order valence-electron chi connectivity index (χ3n) is 5.60. The lowest BCUT2D eigenvalue weighted by Crippen LogP contribution is -2.57. The van der Waals surface area contributed by atoms with E-state index in [-0.39, 0.29) is 12.4 Å². The fourth-order valence-corrected chi connectivity index (χ4v) is 3.77. The first-order valence-corrected chi connectivity index (χ1v) is 10.4. The molecular weight excluding hydrogens is 296 g/mol. The van der Waals surface area contributed by atoms with Crippen LogP contribution in [0.2, 0.25) is 0 Å². The lowest BCUT2D eigenvalue weighted by atomic mass is 10.1. The molecule has 0 spiro atoms. The number of hydrogen-bond acceptors (Lipinski definition) is 2. The summed E-state index contributed by atoms with van der Waals surface area (Å²) in [5.41, 5.74) is 0. The first-order valence-electron chi connectivity index (χ1n) is 10.4. The molecule has 0 aliphatic carbocycles. The molecule has 140 valence electrons. The van der Waals surface area contributed by atoms with Gasteiger partial charge in [-0.3, -0.25) is 4.48 Å². The Hall–Kier alpha value is -0.670. The summed E-state index contributed by atoms with van der Waals surface area (Å²) in [7, 11) is 0. The van der Waals surface area contributed by atoms with E-state index in [9.17, 15) is 5.11 Å². The van der Waals surface area contributed by atoms with Gasteiger partial charge in [0.15, 0.2) is 12.4 Å². The number of hydrogen-bond donors (Lipinski definition) is 1. The Kier molecular flexibility index (Phi) is 11.3. The minimum atomic E-state index is -0.312. The van der Waals surface area contributed by atoms with E-state index < -0.39 is 0 Å². The fraction of sp³-hybridized carbons (Fsp3) is 0.857. The standard InChI is InChI=1S/C21H41N2O/c1-4-6-7-8-9-10-11-12-13-14-15-16-17-21-22-18-19-23(21,5-2)20(3)24/h8-9,18,20-21,24H,4-7,10-17,19H2,1-3H3/q+1/b9-8+. The highest BCUT2D eigenvalue weighted by Gasteiger charge is 2.41. The Morgan fingerprint density at radius 3 is 2.29 bits per heavy atom. The number of nitrogens with zero attached hydrogens (tertiary/aromatic N) is 2. The molecule has 1 rings (SSSR count). The van der Waals surface area contributed by atoms with Crippen LogP contribution in [0.4, 0.5) is 0 Å². The second kappa shape index (κ2) is 12.7. The van der Waals surface area contributed by atoms with Gasteiger partial charge in [0.1, 0.15) is 6.54 Å². The van der Waals surface area contributed by atoms with E-state index in [1.54, 1.807) is 0 Å². The fourth-order valence-electron chi connectivity index (χ4n) is 3.77. The van der Waals surface area contributed by atoms with E-state index in [0.29, 0.717) is 0 Å². The predicted molar refractivity (Wildman–Crippen MR) is 105 cm³/mol. The molecule has 1 aliphatic heterocycles. The van der Waals surface area contributed by atoms with Crippen molar-refractivity contribution in [3.63, 3.8) is 0 Å². The van der Waals surface area contributed by atoms with Crippen LogP contribution >= 0.6 is 0 Å². The van der Waals surface area contributed by atoms with Crippen molar-refractivity contribution in [2.75, 3.05) is 13.1 Å². The number of unbranched alkanes of at least 4 members (excludes halogenated alkanes) is 8. The highest BCUT2D eigenvalue weighted by molar-refractivity contribution is 5.60. The minimum absolute atomic E-state index is 0.281. The summed E-state index contributed by atoms with van der Waals surface area (Å²) in [6.45, 7) is 8.20. The molecule has 0 radical (unpaired) electrons. The summed E-state index contributed by atoms with van der Waals surface area (Å²) in [6, 6.07) is 0. The average Bonchev–Trinajstić information content (AvgIpc) is 3.00. The molecule has 3 atom stereocenters. The van der Waals surface area contributed by atoms with E-state index in [1.165, 1.54) is 64.2 Å². The van der Waals surface area contributed by atoms with Gasteiger partial charge in [0.2, 0.25) is 0 Å². The van der Waals surface area contributed by atoms with Crippen molar-refractivity contribution in [1.29, 1.82) is 0 Å². The zero-order chi connectivity index (χ0) is 17.7. The molecule has 3 heteroatoms. The number of quaternary nitrogens is 1. The average molecular weight is 338 g/mol. The van der Waals surface area contributed by atoms with Gasteiger partial charge in [0, 0.05) is 13.3 Å². The predicted octanol–water partition coefficient (Wildman–Crippen LogP) is 5.44. The molecule has 0 aromatic heterocycles. The molecule has 3 nitrogen and oxygen atoms in total. The van der Waals surface area contributed by atoms with Gasteiger partial charge in [0.25, 0.3) is 0 Å². The maximum Gasteiger partial charge on any atom is 0.189 e. The summed E-state index contributed by atoms with van der Waals surface area (Å²) in [5.74, 6) is 0. The van der Waals surface area contributed by atoms with Crippen LogP contribution in [0.5, 0.6) is 0 Å². The Morgan fingerprint density at radius 1 is 1.04 bits per heavy atom. The minimum Gasteiger partial charge on any atom is -0.345 e. The van der Waals surface area contributed by atoms with Gasteiger partial charge in [-0.1, -0.05) is 57.6 Å². The molecule has 0 bridgehead atoms. The largest absolute Gasteiger partial charge is 0.345 e. The maximum absolute atomic E-state index is 10.2. The van der Waals surface area contributed by atoms with Crippen molar-refractivity contribution in [1.82, 2.24) is 0 Å². The van der Waals surface area contributed by atoms with Gasteiger partial charge >= 0.3 is 0 Å². The normalized spacial score (nSPS) is 24.9. The monoisotopic (exact) mass is 337 g/mol. The van der Waals surface area contributed by atoms with Crippen LogP contribution in [0.1, 0.15) is 91.4 Å². The van der Waals surface area contributed by atoms with E-state index >= 15 is 0 Å². The Balaban J connectivity index is 2.02. The maximum atomic E-state index is 10.2. The highest BCUT2D eigenvalue weighted by Crippen LogP contribution is 2.26. The molecule has 0 saturated carbocycles. The molecule has 1 aliphatic rings. The van der Waals surface area contributed by atoms with E-state index in [0.717, 1.165) is 24.0 Å². The number of allylic oxidation sites excluding steroid dienone is 2. The Labute approximate surface area is 150 Å². The van der Waals surface area contributed by atoms with Gasteiger partial charge < -0.3 is 5.11 Å². The molecule has 0 aromatic rings. The third kappa shape index (κ3) is 7.06. The molecule has 3 unspecified atom stereocenters. The molecule has 0 saturated heterocycles. The van der Waals surface area contributed by atoms with Crippen molar-refractivity contribution in [3.05, 3.63) is 12.2 Å². The Bertz CT molecular complexity index is 365. The van der Waals surface area contributed by atoms with E-state index in [2.05, 4.69) is 31.0 Å². The van der Waals surface area contributed by atoms with Crippen LogP contribution in [0.15, 0.2) is 17.1 Å². The van der Waals surface area contributed by atoms with Crippen LogP contribution in [0.3, 0.4) is 0 Å². The molecule has 1 N–H and O–H groups in total. The van der Waals surface area contributed by atoms with Crippen molar-refractivity contribution in [2.45, 2.75) is 104 Å².